The molecule has 1 amide bonds. The maximum Gasteiger partial charge on any atom is 0.260 e. The minimum atomic E-state index is -0.192. The number of furan rings is 1. The van der Waals surface area contributed by atoms with E-state index in [0.717, 1.165) is 26.7 Å². The first kappa shape index (κ1) is 14.0. The molecule has 5 heteroatoms. The number of aromatic nitrogens is 1. The van der Waals surface area contributed by atoms with E-state index in [2.05, 4.69) is 22.4 Å². The van der Waals surface area contributed by atoms with Gasteiger partial charge in [-0.05, 0) is 31.4 Å². The number of carbonyl (C=O) groups excluding carboxylic acids is 1. The molecule has 0 saturated carbocycles. The highest BCUT2D eigenvalue weighted by molar-refractivity contribution is 7.22. The van der Waals surface area contributed by atoms with Gasteiger partial charge in [-0.25, -0.2) is 4.98 Å². The number of rotatable bonds is 2. The normalized spacial score (nSPS) is 11.2. The van der Waals surface area contributed by atoms with Gasteiger partial charge in [0.15, 0.2) is 5.13 Å². The standard InChI is InChI=1S/C18H14N2O2S/c1-10-9-14(11(2)22-10)17(21)20-18-19-16-13-6-4-3-5-12(13)7-8-15(16)23-18/h3-9H,1-2H3,(H,19,20,21). The summed E-state index contributed by atoms with van der Waals surface area (Å²) in [6.07, 6.45) is 0. The highest BCUT2D eigenvalue weighted by atomic mass is 32.1. The fraction of sp³-hybridized carbons (Fsp3) is 0.111. The number of thiazole rings is 1. The Morgan fingerprint density at radius 3 is 2.78 bits per heavy atom. The van der Waals surface area contributed by atoms with Gasteiger partial charge in [-0.15, -0.1) is 0 Å². The van der Waals surface area contributed by atoms with Crippen molar-refractivity contribution in [3.63, 3.8) is 0 Å². The number of nitrogens with one attached hydrogen (secondary N) is 1. The van der Waals surface area contributed by atoms with Gasteiger partial charge >= 0.3 is 0 Å². The van der Waals surface area contributed by atoms with E-state index in [0.29, 0.717) is 16.5 Å². The van der Waals surface area contributed by atoms with Crippen LogP contribution in [0.4, 0.5) is 5.13 Å². The summed E-state index contributed by atoms with van der Waals surface area (Å²) in [6, 6.07) is 14.0. The van der Waals surface area contributed by atoms with E-state index >= 15 is 0 Å². The molecular weight excluding hydrogens is 308 g/mol. The average Bonchev–Trinajstić information content (AvgIpc) is 3.09. The second kappa shape index (κ2) is 5.21. The number of benzene rings is 2. The maximum atomic E-state index is 12.4. The second-order valence-corrected chi connectivity index (χ2v) is 6.46. The molecule has 4 aromatic rings. The monoisotopic (exact) mass is 322 g/mol. The Morgan fingerprint density at radius 1 is 1.17 bits per heavy atom. The van der Waals surface area contributed by atoms with Crippen LogP contribution in [-0.4, -0.2) is 10.9 Å². The van der Waals surface area contributed by atoms with Crippen LogP contribution in [0.1, 0.15) is 21.9 Å². The van der Waals surface area contributed by atoms with Crippen LogP contribution in [0.25, 0.3) is 21.0 Å². The SMILES string of the molecule is Cc1cc(C(=O)Nc2nc3c(ccc4ccccc43)s2)c(C)o1. The minimum absolute atomic E-state index is 0.192. The van der Waals surface area contributed by atoms with Gasteiger partial charge in [0.1, 0.15) is 11.5 Å². The number of amides is 1. The Hall–Kier alpha value is -2.66. The summed E-state index contributed by atoms with van der Waals surface area (Å²) in [5.41, 5.74) is 1.47. The Labute approximate surface area is 136 Å². The first-order valence-electron chi connectivity index (χ1n) is 7.28. The second-order valence-electron chi connectivity index (χ2n) is 5.43. The van der Waals surface area contributed by atoms with E-state index in [9.17, 15) is 4.79 Å². The Balaban J connectivity index is 1.73. The molecule has 2 heterocycles. The summed E-state index contributed by atoms with van der Waals surface area (Å²) in [5, 5.41) is 5.71. The number of anilines is 1. The van der Waals surface area contributed by atoms with Gasteiger partial charge < -0.3 is 4.42 Å². The van der Waals surface area contributed by atoms with Crippen molar-refractivity contribution in [3.05, 3.63) is 59.5 Å². The quantitative estimate of drug-likeness (QED) is 0.570. The van der Waals surface area contributed by atoms with Crippen LogP contribution < -0.4 is 5.32 Å². The molecule has 0 fully saturated rings. The fourth-order valence-electron chi connectivity index (χ4n) is 2.74. The summed E-state index contributed by atoms with van der Waals surface area (Å²) >= 11 is 1.47. The zero-order chi connectivity index (χ0) is 16.0. The lowest BCUT2D eigenvalue weighted by Gasteiger charge is -1.99. The number of nitrogens with zero attached hydrogens (tertiary/aromatic N) is 1. The van der Waals surface area contributed by atoms with Gasteiger partial charge in [-0.1, -0.05) is 41.7 Å². The van der Waals surface area contributed by atoms with Crippen LogP contribution in [0.2, 0.25) is 0 Å². The van der Waals surface area contributed by atoms with Crippen molar-refractivity contribution in [3.8, 4) is 0 Å². The molecule has 1 N–H and O–H groups in total. The molecule has 0 aliphatic rings. The van der Waals surface area contributed by atoms with E-state index in [1.165, 1.54) is 11.3 Å². The maximum absolute atomic E-state index is 12.4. The van der Waals surface area contributed by atoms with Gasteiger partial charge in [0.25, 0.3) is 5.91 Å². The lowest BCUT2D eigenvalue weighted by atomic mass is 10.1. The van der Waals surface area contributed by atoms with E-state index in [1.54, 1.807) is 13.0 Å². The van der Waals surface area contributed by atoms with Crippen LogP contribution in [0.5, 0.6) is 0 Å². The van der Waals surface area contributed by atoms with Gasteiger partial charge in [-0.3, -0.25) is 10.1 Å². The summed E-state index contributed by atoms with van der Waals surface area (Å²) < 4.78 is 6.47. The van der Waals surface area contributed by atoms with E-state index in [1.807, 2.05) is 31.2 Å². The molecule has 0 saturated heterocycles. The van der Waals surface area contributed by atoms with Crippen LogP contribution in [0.15, 0.2) is 46.9 Å². The molecule has 0 atom stereocenters. The Kier molecular flexibility index (Phi) is 3.16. The van der Waals surface area contributed by atoms with Crippen molar-refractivity contribution in [1.29, 1.82) is 0 Å². The minimum Gasteiger partial charge on any atom is -0.466 e. The molecule has 2 aromatic carbocycles. The molecule has 0 aliphatic carbocycles. The Bertz CT molecular complexity index is 1050. The number of aryl methyl sites for hydroxylation is 2. The lowest BCUT2D eigenvalue weighted by Crippen LogP contribution is -2.11. The lowest BCUT2D eigenvalue weighted by molar-refractivity contribution is 0.102. The molecule has 0 aliphatic heterocycles. The molecule has 4 nitrogen and oxygen atoms in total. The first-order chi connectivity index (χ1) is 11.1. The average molecular weight is 322 g/mol. The van der Waals surface area contributed by atoms with Crippen molar-refractivity contribution in [1.82, 2.24) is 4.98 Å². The van der Waals surface area contributed by atoms with Crippen LogP contribution >= 0.6 is 11.3 Å². The summed E-state index contributed by atoms with van der Waals surface area (Å²) in [6.45, 7) is 3.61. The number of carbonyl (C=O) groups is 1. The van der Waals surface area contributed by atoms with Gasteiger partial charge in [0.05, 0.1) is 15.8 Å². The molecule has 4 rings (SSSR count). The number of fused-ring (bicyclic) bond motifs is 3. The van der Waals surface area contributed by atoms with E-state index in [-0.39, 0.29) is 5.91 Å². The summed E-state index contributed by atoms with van der Waals surface area (Å²) in [5.74, 6) is 1.15. The highest BCUT2D eigenvalue weighted by Gasteiger charge is 2.16. The van der Waals surface area contributed by atoms with Gasteiger partial charge in [0, 0.05) is 5.39 Å². The van der Waals surface area contributed by atoms with E-state index < -0.39 is 0 Å². The number of hydrogen-bond acceptors (Lipinski definition) is 4. The molecule has 0 unspecified atom stereocenters. The third-order valence-corrected chi connectivity index (χ3v) is 4.73. The summed E-state index contributed by atoms with van der Waals surface area (Å²) in [4.78, 5) is 17.0. The highest BCUT2D eigenvalue weighted by Crippen LogP contribution is 2.32. The van der Waals surface area contributed by atoms with Crippen molar-refractivity contribution in [2.45, 2.75) is 13.8 Å². The molecule has 0 spiro atoms. The third kappa shape index (κ3) is 2.39. The fourth-order valence-corrected chi connectivity index (χ4v) is 3.61. The zero-order valence-electron chi connectivity index (χ0n) is 12.7. The smallest absolute Gasteiger partial charge is 0.260 e. The van der Waals surface area contributed by atoms with Crippen LogP contribution in [0.3, 0.4) is 0 Å². The predicted molar refractivity (Wildman–Crippen MR) is 93.3 cm³/mol. The topological polar surface area (TPSA) is 55.1 Å². The van der Waals surface area contributed by atoms with Gasteiger partial charge in [-0.2, -0.15) is 0 Å². The van der Waals surface area contributed by atoms with Gasteiger partial charge in [0.2, 0.25) is 0 Å². The molecule has 0 radical (unpaired) electrons. The number of hydrogen-bond donors (Lipinski definition) is 1. The Morgan fingerprint density at radius 2 is 2.00 bits per heavy atom. The van der Waals surface area contributed by atoms with Crippen molar-refractivity contribution in [2.24, 2.45) is 0 Å². The molecule has 0 bridgehead atoms. The third-order valence-electron chi connectivity index (χ3n) is 3.79. The van der Waals surface area contributed by atoms with Crippen LogP contribution in [0, 0.1) is 13.8 Å². The first-order valence-corrected chi connectivity index (χ1v) is 8.10. The van der Waals surface area contributed by atoms with Crippen molar-refractivity contribution < 1.29 is 9.21 Å². The predicted octanol–water partition coefficient (Wildman–Crippen LogP) is 4.91. The van der Waals surface area contributed by atoms with Crippen molar-refractivity contribution in [2.75, 3.05) is 5.32 Å². The van der Waals surface area contributed by atoms with Crippen molar-refractivity contribution >= 4 is 43.4 Å². The molecule has 23 heavy (non-hydrogen) atoms. The molecule has 114 valence electrons. The largest absolute Gasteiger partial charge is 0.466 e. The zero-order valence-corrected chi connectivity index (χ0v) is 13.5. The summed E-state index contributed by atoms with van der Waals surface area (Å²) in [7, 11) is 0. The van der Waals surface area contributed by atoms with E-state index in [4.69, 9.17) is 4.42 Å². The van der Waals surface area contributed by atoms with Crippen LogP contribution in [-0.2, 0) is 0 Å². The molecular formula is C18H14N2O2S. The molecule has 2 aromatic heterocycles.